The van der Waals surface area contributed by atoms with Crippen molar-refractivity contribution in [3.63, 3.8) is 0 Å². The first-order valence-electron chi connectivity index (χ1n) is 9.54. The minimum absolute atomic E-state index is 0.147. The van der Waals surface area contributed by atoms with E-state index in [1.54, 1.807) is 60.7 Å². The molecule has 0 bridgehead atoms. The molecule has 31 heavy (non-hydrogen) atoms. The maximum atomic E-state index is 12.9. The Bertz CT molecular complexity index is 1340. The molecule has 5 rings (SSSR count). The van der Waals surface area contributed by atoms with Gasteiger partial charge in [0, 0.05) is 32.8 Å². The van der Waals surface area contributed by atoms with Gasteiger partial charge >= 0.3 is 0 Å². The van der Waals surface area contributed by atoms with Crippen molar-refractivity contribution >= 4 is 39.9 Å². The first-order chi connectivity index (χ1) is 15.0. The topological polar surface area (TPSA) is 77.8 Å². The average Bonchev–Trinajstić information content (AvgIpc) is 3.38. The summed E-state index contributed by atoms with van der Waals surface area (Å²) in [5.41, 5.74) is 2.80. The van der Waals surface area contributed by atoms with Gasteiger partial charge in [-0.15, -0.1) is 0 Å². The van der Waals surface area contributed by atoms with E-state index in [0.717, 1.165) is 5.39 Å². The van der Waals surface area contributed by atoms with Gasteiger partial charge in [-0.2, -0.15) is 0 Å². The fourth-order valence-corrected chi connectivity index (χ4v) is 3.61. The molecule has 1 amide bonds. The van der Waals surface area contributed by atoms with Gasteiger partial charge in [0.2, 0.25) is 12.6 Å². The minimum Gasteiger partial charge on any atom is -0.454 e. The second-order valence-electron chi connectivity index (χ2n) is 7.13. The number of amides is 1. The predicted octanol–water partition coefficient (Wildman–Crippen LogP) is 5.61. The molecule has 0 saturated carbocycles. The zero-order chi connectivity index (χ0) is 21.5. The number of benzene rings is 3. The summed E-state index contributed by atoms with van der Waals surface area (Å²) >= 11 is 5.91. The number of carbonyl (C=O) groups excluding carboxylic acids is 2. The predicted molar refractivity (Wildman–Crippen MR) is 116 cm³/mol. The highest BCUT2D eigenvalue weighted by Crippen LogP contribution is 2.33. The Morgan fingerprint density at radius 2 is 1.65 bits per heavy atom. The van der Waals surface area contributed by atoms with Crippen LogP contribution in [0.2, 0.25) is 5.02 Å². The third-order valence-electron chi connectivity index (χ3n) is 5.14. The van der Waals surface area contributed by atoms with Crippen molar-refractivity contribution in [2.24, 2.45) is 0 Å². The van der Waals surface area contributed by atoms with Crippen molar-refractivity contribution in [3.05, 3.63) is 88.1 Å². The van der Waals surface area contributed by atoms with E-state index < -0.39 is 0 Å². The number of halogens is 1. The molecule has 1 aliphatic rings. The van der Waals surface area contributed by atoms with E-state index in [1.807, 2.05) is 6.92 Å². The molecule has 0 spiro atoms. The fraction of sp³-hybridized carbons (Fsp3) is 0.0833. The summed E-state index contributed by atoms with van der Waals surface area (Å²) in [5.74, 6) is 0.910. The first-order valence-corrected chi connectivity index (χ1v) is 9.92. The van der Waals surface area contributed by atoms with Gasteiger partial charge in [0.25, 0.3) is 5.91 Å². The Hall–Kier alpha value is -3.77. The molecule has 0 aliphatic carbocycles. The Morgan fingerprint density at radius 3 is 2.45 bits per heavy atom. The Labute approximate surface area is 182 Å². The van der Waals surface area contributed by atoms with E-state index in [0.29, 0.717) is 44.5 Å². The lowest BCUT2D eigenvalue weighted by Crippen LogP contribution is -2.11. The van der Waals surface area contributed by atoms with Crippen molar-refractivity contribution < 1.29 is 23.5 Å². The lowest BCUT2D eigenvalue weighted by atomic mass is 10.0. The second-order valence-corrected chi connectivity index (χ2v) is 7.56. The van der Waals surface area contributed by atoms with Crippen LogP contribution >= 0.6 is 11.6 Å². The van der Waals surface area contributed by atoms with Gasteiger partial charge in [-0.05, 0) is 67.6 Å². The molecule has 1 aromatic heterocycles. The molecular weight excluding hydrogens is 418 g/mol. The number of anilines is 1. The Morgan fingerprint density at radius 1 is 0.903 bits per heavy atom. The number of hydrogen-bond donors (Lipinski definition) is 1. The maximum absolute atomic E-state index is 12.9. The molecule has 154 valence electrons. The lowest BCUT2D eigenvalue weighted by molar-refractivity contribution is 0.101. The lowest BCUT2D eigenvalue weighted by Gasteiger charge is -2.06. The fourth-order valence-electron chi connectivity index (χ4n) is 3.49. The molecule has 0 radical (unpaired) electrons. The number of carbonyl (C=O) groups is 2. The normalized spacial score (nSPS) is 12.2. The molecule has 6 nitrogen and oxygen atoms in total. The maximum Gasteiger partial charge on any atom is 0.255 e. The van der Waals surface area contributed by atoms with Gasteiger partial charge in [0.15, 0.2) is 17.3 Å². The molecule has 0 atom stereocenters. The average molecular weight is 434 g/mol. The summed E-state index contributed by atoms with van der Waals surface area (Å²) in [5, 5.41) is 4.18. The highest BCUT2D eigenvalue weighted by atomic mass is 35.5. The van der Waals surface area contributed by atoms with Crippen LogP contribution in [0.1, 0.15) is 32.0 Å². The van der Waals surface area contributed by atoms with E-state index >= 15 is 0 Å². The van der Waals surface area contributed by atoms with Crippen LogP contribution in [0.15, 0.2) is 65.1 Å². The summed E-state index contributed by atoms with van der Waals surface area (Å²) in [4.78, 5) is 25.5. The number of ether oxygens (including phenoxy) is 2. The number of rotatable bonds is 4. The quantitative estimate of drug-likeness (QED) is 0.423. The van der Waals surface area contributed by atoms with Gasteiger partial charge in [-0.25, -0.2) is 0 Å². The molecule has 4 aromatic rings. The van der Waals surface area contributed by atoms with Crippen LogP contribution in [0, 0.1) is 6.92 Å². The monoisotopic (exact) mass is 433 g/mol. The number of aryl methyl sites for hydroxylation is 1. The third-order valence-corrected chi connectivity index (χ3v) is 5.39. The second kappa shape index (κ2) is 7.49. The molecule has 7 heteroatoms. The number of fused-ring (bicyclic) bond motifs is 2. The smallest absolute Gasteiger partial charge is 0.255 e. The van der Waals surface area contributed by atoms with Gasteiger partial charge in [0.05, 0.1) is 0 Å². The van der Waals surface area contributed by atoms with E-state index in [1.165, 1.54) is 0 Å². The summed E-state index contributed by atoms with van der Waals surface area (Å²) in [6.45, 7) is 1.96. The van der Waals surface area contributed by atoms with E-state index in [2.05, 4.69) is 5.32 Å². The number of furan rings is 1. The van der Waals surface area contributed by atoms with Crippen molar-refractivity contribution in [1.82, 2.24) is 0 Å². The largest absolute Gasteiger partial charge is 0.454 e. The summed E-state index contributed by atoms with van der Waals surface area (Å²) in [6.07, 6.45) is 0. The first kappa shape index (κ1) is 19.2. The van der Waals surface area contributed by atoms with Crippen LogP contribution in [-0.2, 0) is 0 Å². The van der Waals surface area contributed by atoms with Crippen LogP contribution in [0.25, 0.3) is 11.0 Å². The molecule has 0 unspecified atom stereocenters. The summed E-state index contributed by atoms with van der Waals surface area (Å²) in [6, 6.07) is 16.9. The van der Waals surface area contributed by atoms with Crippen LogP contribution in [0.5, 0.6) is 11.5 Å². The van der Waals surface area contributed by atoms with Crippen LogP contribution < -0.4 is 14.8 Å². The van der Waals surface area contributed by atoms with Crippen LogP contribution in [-0.4, -0.2) is 18.5 Å². The molecule has 3 aromatic carbocycles. The highest BCUT2D eigenvalue weighted by Gasteiger charge is 2.20. The van der Waals surface area contributed by atoms with Crippen molar-refractivity contribution in [3.8, 4) is 11.5 Å². The van der Waals surface area contributed by atoms with Gasteiger partial charge in [-0.3, -0.25) is 9.59 Å². The van der Waals surface area contributed by atoms with Gasteiger partial charge in [-0.1, -0.05) is 11.6 Å². The molecule has 0 saturated heterocycles. The molecule has 2 heterocycles. The molecule has 1 N–H and O–H groups in total. The summed E-state index contributed by atoms with van der Waals surface area (Å²) in [7, 11) is 0. The van der Waals surface area contributed by atoms with Crippen molar-refractivity contribution in [1.29, 1.82) is 0 Å². The van der Waals surface area contributed by atoms with Crippen LogP contribution in [0.4, 0.5) is 5.69 Å². The van der Waals surface area contributed by atoms with Crippen LogP contribution in [0.3, 0.4) is 0 Å². The minimum atomic E-state index is -0.281. The molecular formula is C24H16ClNO5. The SMILES string of the molecule is Cc1c(C(=O)c2ccc(Cl)cc2)oc2ccc(NC(=O)c3ccc4c(c3)OCO4)cc12. The highest BCUT2D eigenvalue weighted by molar-refractivity contribution is 6.30. The zero-order valence-corrected chi connectivity index (χ0v) is 17.2. The zero-order valence-electron chi connectivity index (χ0n) is 16.4. The Kier molecular flexibility index (Phi) is 4.64. The van der Waals surface area contributed by atoms with Crippen molar-refractivity contribution in [2.45, 2.75) is 6.92 Å². The van der Waals surface area contributed by atoms with Gasteiger partial charge in [0.1, 0.15) is 5.58 Å². The Balaban J connectivity index is 1.42. The third kappa shape index (κ3) is 3.51. The molecule has 0 fully saturated rings. The van der Waals surface area contributed by atoms with E-state index in [-0.39, 0.29) is 24.2 Å². The summed E-state index contributed by atoms with van der Waals surface area (Å²) < 4.78 is 16.4. The van der Waals surface area contributed by atoms with E-state index in [9.17, 15) is 9.59 Å². The van der Waals surface area contributed by atoms with E-state index in [4.69, 9.17) is 25.5 Å². The number of hydrogen-bond acceptors (Lipinski definition) is 5. The van der Waals surface area contributed by atoms with Gasteiger partial charge < -0.3 is 19.2 Å². The molecule has 1 aliphatic heterocycles. The van der Waals surface area contributed by atoms with Crippen molar-refractivity contribution in [2.75, 3.05) is 12.1 Å². The number of ketones is 1. The standard InChI is InChI=1S/C24H16ClNO5/c1-13-18-11-17(26-24(28)15-4-8-20-21(10-15)30-12-29-20)7-9-19(18)31-23(13)22(27)14-2-5-16(25)6-3-14/h2-11H,12H2,1H3,(H,26,28). The number of nitrogens with one attached hydrogen (secondary N) is 1.